The highest BCUT2D eigenvalue weighted by molar-refractivity contribution is 5.76. The van der Waals surface area contributed by atoms with Crippen molar-refractivity contribution in [3.8, 4) is 0 Å². The summed E-state index contributed by atoms with van der Waals surface area (Å²) in [6.45, 7) is 8.78. The highest BCUT2D eigenvalue weighted by Gasteiger charge is 2.13. The number of nitrogens with one attached hydrogen (secondary N) is 1. The molecule has 3 aromatic rings. The molecule has 26 heavy (non-hydrogen) atoms. The van der Waals surface area contributed by atoms with Gasteiger partial charge in [0.1, 0.15) is 0 Å². The molecule has 0 saturated heterocycles. The van der Waals surface area contributed by atoms with Gasteiger partial charge in [0.05, 0.1) is 5.69 Å². The van der Waals surface area contributed by atoms with Crippen molar-refractivity contribution >= 4 is 11.6 Å². The molecule has 0 aliphatic heterocycles. The first-order valence-corrected chi connectivity index (χ1v) is 9.10. The van der Waals surface area contributed by atoms with Crippen LogP contribution in [0.4, 0.5) is 0 Å². The SMILES string of the molecule is Cc1cc2nc(C)c(CCC(=O)NC[C@@H](C)c3ccccc3)c(C)n2n1. The Morgan fingerprint density at radius 2 is 1.92 bits per heavy atom. The third kappa shape index (κ3) is 3.93. The van der Waals surface area contributed by atoms with E-state index >= 15 is 0 Å². The monoisotopic (exact) mass is 350 g/mol. The fourth-order valence-corrected chi connectivity index (χ4v) is 3.30. The lowest BCUT2D eigenvalue weighted by molar-refractivity contribution is -0.121. The fourth-order valence-electron chi connectivity index (χ4n) is 3.30. The van der Waals surface area contributed by atoms with Crippen LogP contribution in [0, 0.1) is 20.8 Å². The minimum atomic E-state index is 0.0725. The lowest BCUT2D eigenvalue weighted by Gasteiger charge is -2.14. The zero-order chi connectivity index (χ0) is 18.7. The van der Waals surface area contributed by atoms with Gasteiger partial charge in [-0.05, 0) is 44.2 Å². The molecule has 0 saturated carbocycles. The number of rotatable bonds is 6. The summed E-state index contributed by atoms with van der Waals surface area (Å²) in [5, 5.41) is 7.54. The summed E-state index contributed by atoms with van der Waals surface area (Å²) in [6.07, 6.45) is 1.13. The Balaban J connectivity index is 1.60. The van der Waals surface area contributed by atoms with Gasteiger partial charge in [0.25, 0.3) is 0 Å². The quantitative estimate of drug-likeness (QED) is 0.740. The van der Waals surface area contributed by atoms with Crippen LogP contribution in [-0.4, -0.2) is 27.0 Å². The Kier molecular flexibility index (Phi) is 5.35. The van der Waals surface area contributed by atoms with Crippen molar-refractivity contribution in [3.63, 3.8) is 0 Å². The van der Waals surface area contributed by atoms with Gasteiger partial charge < -0.3 is 5.32 Å². The van der Waals surface area contributed by atoms with Crippen molar-refractivity contribution < 1.29 is 4.79 Å². The molecule has 3 rings (SSSR count). The topological polar surface area (TPSA) is 59.3 Å². The average molecular weight is 350 g/mol. The molecule has 1 atom stereocenters. The highest BCUT2D eigenvalue weighted by Crippen LogP contribution is 2.17. The van der Waals surface area contributed by atoms with Gasteiger partial charge in [-0.3, -0.25) is 4.79 Å². The molecule has 5 heteroatoms. The maximum atomic E-state index is 12.3. The molecule has 1 aromatic carbocycles. The van der Waals surface area contributed by atoms with Crippen LogP contribution in [0.15, 0.2) is 36.4 Å². The molecule has 0 bridgehead atoms. The number of fused-ring (bicyclic) bond motifs is 1. The van der Waals surface area contributed by atoms with Gasteiger partial charge in [-0.2, -0.15) is 5.10 Å². The van der Waals surface area contributed by atoms with Crippen LogP contribution in [0.5, 0.6) is 0 Å². The summed E-state index contributed by atoms with van der Waals surface area (Å²) in [5.41, 5.74) is 6.19. The smallest absolute Gasteiger partial charge is 0.220 e. The van der Waals surface area contributed by atoms with Crippen LogP contribution in [0.2, 0.25) is 0 Å². The molecule has 0 fully saturated rings. The summed E-state index contributed by atoms with van der Waals surface area (Å²) < 4.78 is 1.87. The first-order valence-electron chi connectivity index (χ1n) is 9.10. The predicted molar refractivity (Wildman–Crippen MR) is 103 cm³/mol. The number of nitrogens with zero attached hydrogens (tertiary/aromatic N) is 3. The predicted octanol–water partition coefficient (Wildman–Crippen LogP) is 3.51. The number of amides is 1. The van der Waals surface area contributed by atoms with Crippen molar-refractivity contribution in [2.75, 3.05) is 6.54 Å². The molecule has 2 aromatic heterocycles. The maximum absolute atomic E-state index is 12.3. The van der Waals surface area contributed by atoms with Gasteiger partial charge in [0, 0.05) is 30.4 Å². The summed E-state index contributed by atoms with van der Waals surface area (Å²) in [6, 6.07) is 12.2. The Bertz CT molecular complexity index is 915. The Morgan fingerprint density at radius 3 is 2.65 bits per heavy atom. The second-order valence-corrected chi connectivity index (χ2v) is 6.93. The van der Waals surface area contributed by atoms with Crippen molar-refractivity contribution in [1.82, 2.24) is 19.9 Å². The number of carbonyl (C=O) groups excluding carboxylic acids is 1. The van der Waals surface area contributed by atoms with Crippen molar-refractivity contribution in [2.45, 2.75) is 46.5 Å². The molecule has 2 heterocycles. The summed E-state index contributed by atoms with van der Waals surface area (Å²) in [4.78, 5) is 16.9. The number of carbonyl (C=O) groups is 1. The van der Waals surface area contributed by atoms with Crippen molar-refractivity contribution in [2.24, 2.45) is 0 Å². The molecular weight excluding hydrogens is 324 g/mol. The van der Waals surface area contributed by atoms with Gasteiger partial charge in [0.2, 0.25) is 5.91 Å². The summed E-state index contributed by atoms with van der Waals surface area (Å²) in [5.74, 6) is 0.372. The minimum absolute atomic E-state index is 0.0725. The zero-order valence-corrected chi connectivity index (χ0v) is 15.9. The summed E-state index contributed by atoms with van der Waals surface area (Å²) >= 11 is 0. The molecule has 136 valence electrons. The second kappa shape index (κ2) is 7.68. The van der Waals surface area contributed by atoms with E-state index in [-0.39, 0.29) is 5.91 Å². The average Bonchev–Trinajstić information content (AvgIpc) is 3.00. The maximum Gasteiger partial charge on any atom is 0.220 e. The number of aryl methyl sites for hydroxylation is 3. The highest BCUT2D eigenvalue weighted by atomic mass is 16.1. The van der Waals surface area contributed by atoms with Crippen LogP contribution < -0.4 is 5.32 Å². The Morgan fingerprint density at radius 1 is 1.19 bits per heavy atom. The van der Waals surface area contributed by atoms with Crippen LogP contribution in [0.3, 0.4) is 0 Å². The van der Waals surface area contributed by atoms with Crippen LogP contribution in [0.1, 0.15) is 47.5 Å². The molecule has 1 amide bonds. The Labute approximate surface area is 154 Å². The first-order chi connectivity index (χ1) is 12.5. The third-order valence-corrected chi connectivity index (χ3v) is 4.86. The van der Waals surface area contributed by atoms with Gasteiger partial charge in [0.15, 0.2) is 5.65 Å². The van der Waals surface area contributed by atoms with E-state index in [0.29, 0.717) is 25.3 Å². The molecule has 0 aliphatic carbocycles. The van der Waals surface area contributed by atoms with Gasteiger partial charge >= 0.3 is 0 Å². The van der Waals surface area contributed by atoms with E-state index in [9.17, 15) is 4.79 Å². The zero-order valence-electron chi connectivity index (χ0n) is 15.9. The van der Waals surface area contributed by atoms with Crippen molar-refractivity contribution in [1.29, 1.82) is 0 Å². The van der Waals surface area contributed by atoms with E-state index in [1.807, 2.05) is 49.6 Å². The molecule has 5 nitrogen and oxygen atoms in total. The molecule has 0 unspecified atom stereocenters. The van der Waals surface area contributed by atoms with E-state index in [0.717, 1.165) is 28.3 Å². The van der Waals surface area contributed by atoms with E-state index in [4.69, 9.17) is 0 Å². The van der Waals surface area contributed by atoms with Crippen LogP contribution >= 0.6 is 0 Å². The van der Waals surface area contributed by atoms with Gasteiger partial charge in [-0.15, -0.1) is 0 Å². The minimum Gasteiger partial charge on any atom is -0.355 e. The molecule has 1 N–H and O–H groups in total. The lowest BCUT2D eigenvalue weighted by atomic mass is 10.0. The largest absolute Gasteiger partial charge is 0.355 e. The van der Waals surface area contributed by atoms with Gasteiger partial charge in [-0.25, -0.2) is 9.50 Å². The number of aromatic nitrogens is 3. The van der Waals surface area contributed by atoms with Gasteiger partial charge in [-0.1, -0.05) is 37.3 Å². The van der Waals surface area contributed by atoms with E-state index in [2.05, 4.69) is 34.5 Å². The number of benzene rings is 1. The van der Waals surface area contributed by atoms with Crippen molar-refractivity contribution in [3.05, 3.63) is 64.6 Å². The van der Waals surface area contributed by atoms with E-state index in [1.54, 1.807) is 0 Å². The second-order valence-electron chi connectivity index (χ2n) is 6.93. The molecular formula is C21H26N4O. The van der Waals surface area contributed by atoms with Crippen LogP contribution in [-0.2, 0) is 11.2 Å². The fraction of sp³-hybridized carbons (Fsp3) is 0.381. The standard InChI is InChI=1S/C21H26N4O/c1-14(18-8-6-5-7-9-18)13-22-21(26)11-10-19-16(3)23-20-12-15(2)24-25(20)17(19)4/h5-9,12,14H,10-11,13H2,1-4H3,(H,22,26)/t14-/m1/s1. The molecule has 0 spiro atoms. The number of hydrogen-bond donors (Lipinski definition) is 1. The lowest BCUT2D eigenvalue weighted by Crippen LogP contribution is -2.27. The first kappa shape index (κ1) is 18.1. The normalized spacial score (nSPS) is 12.3. The number of hydrogen-bond acceptors (Lipinski definition) is 3. The third-order valence-electron chi connectivity index (χ3n) is 4.86. The summed E-state index contributed by atoms with van der Waals surface area (Å²) in [7, 11) is 0. The van der Waals surface area contributed by atoms with E-state index < -0.39 is 0 Å². The van der Waals surface area contributed by atoms with E-state index in [1.165, 1.54) is 5.56 Å². The molecule has 0 radical (unpaired) electrons. The van der Waals surface area contributed by atoms with Crippen LogP contribution in [0.25, 0.3) is 5.65 Å². The Hall–Kier alpha value is -2.69. The molecule has 0 aliphatic rings.